The van der Waals surface area contributed by atoms with E-state index in [1.54, 1.807) is 41.8 Å². The molecule has 0 bridgehead atoms. The van der Waals surface area contributed by atoms with Crippen LogP contribution in [0, 0.1) is 18.3 Å². The second kappa shape index (κ2) is 20.2. The lowest BCUT2D eigenvalue weighted by molar-refractivity contribution is -0.132. The summed E-state index contributed by atoms with van der Waals surface area (Å²) in [5, 5.41) is 28.7. The number of aliphatic hydroxyl groups is 1. The highest BCUT2D eigenvalue weighted by atomic mass is 16.4. The van der Waals surface area contributed by atoms with Gasteiger partial charge in [-0.15, -0.1) is 0 Å². The van der Waals surface area contributed by atoms with Crippen LogP contribution in [0.15, 0.2) is 97.2 Å². The number of aliphatic hydroxyl groups excluding tert-OH is 1. The maximum absolute atomic E-state index is 14.5. The molecule has 0 radical (unpaired) electrons. The molecule has 0 spiro atoms. The molecule has 1 aliphatic heterocycles. The zero-order valence-electron chi connectivity index (χ0n) is 34.8. The maximum atomic E-state index is 14.5. The normalized spacial score (nSPS) is 15.6. The minimum absolute atomic E-state index is 0.136. The molecule has 0 aliphatic carbocycles. The molecule has 14 nitrogen and oxygen atoms in total. The Bertz CT molecular complexity index is 2010. The van der Waals surface area contributed by atoms with E-state index in [0.717, 1.165) is 33.8 Å². The van der Waals surface area contributed by atoms with Gasteiger partial charge in [0.25, 0.3) is 5.91 Å². The summed E-state index contributed by atoms with van der Waals surface area (Å²) in [7, 11) is 0. The first-order valence-electron chi connectivity index (χ1n) is 20.2. The lowest BCUT2D eigenvalue weighted by atomic mass is 9.86. The number of nitrogens with zero attached hydrogens (tertiary/aromatic N) is 5. The van der Waals surface area contributed by atoms with E-state index in [9.17, 15) is 29.4 Å². The van der Waals surface area contributed by atoms with E-state index in [0.29, 0.717) is 26.1 Å². The van der Waals surface area contributed by atoms with Crippen LogP contribution in [0.1, 0.15) is 63.6 Å². The number of amides is 5. The number of benzene rings is 2. The van der Waals surface area contributed by atoms with Crippen LogP contribution in [-0.2, 0) is 29.1 Å². The number of hydrogen-bond donors (Lipinski definition) is 5. The molecule has 4 aromatic rings. The van der Waals surface area contributed by atoms with E-state index in [1.807, 2.05) is 112 Å². The summed E-state index contributed by atoms with van der Waals surface area (Å²) in [4.78, 5) is 66.3. The van der Waals surface area contributed by atoms with Crippen molar-refractivity contribution >= 4 is 23.9 Å². The summed E-state index contributed by atoms with van der Waals surface area (Å²) in [6.07, 6.45) is 0.0293. The van der Waals surface area contributed by atoms with Gasteiger partial charge in [-0.1, -0.05) is 108 Å². The number of carbonyl (C=O) groups excluding carboxylic acids is 3. The predicted octanol–water partition coefficient (Wildman–Crippen LogP) is 5.41. The van der Waals surface area contributed by atoms with Gasteiger partial charge in [-0.2, -0.15) is 0 Å². The van der Waals surface area contributed by atoms with Gasteiger partial charge >= 0.3 is 12.1 Å². The molecule has 5 atom stereocenters. The van der Waals surface area contributed by atoms with Crippen LogP contribution >= 0.6 is 0 Å². The van der Waals surface area contributed by atoms with Gasteiger partial charge in [-0.05, 0) is 60.1 Å². The first-order valence-corrected chi connectivity index (χ1v) is 20.2. The zero-order valence-corrected chi connectivity index (χ0v) is 34.8. The Hall–Kier alpha value is -5.86. The second-order valence-corrected chi connectivity index (χ2v) is 16.4. The molecule has 0 unspecified atom stereocenters. The van der Waals surface area contributed by atoms with Gasteiger partial charge in [0.05, 0.1) is 30.1 Å². The van der Waals surface area contributed by atoms with E-state index in [1.165, 1.54) is 0 Å². The number of hydrogen-bond acceptors (Lipinski definition) is 8. The topological polar surface area (TPSA) is 180 Å². The molecule has 314 valence electrons. The molecular formula is C45H58N8O6. The first kappa shape index (κ1) is 44.2. The molecule has 0 saturated carbocycles. The molecule has 3 heterocycles. The van der Waals surface area contributed by atoms with Gasteiger partial charge in [0.15, 0.2) is 0 Å². The molecule has 14 heteroatoms. The summed E-state index contributed by atoms with van der Waals surface area (Å²) in [6.45, 7) is 12.2. The number of nitrogens with one attached hydrogen (secondary N) is 3. The van der Waals surface area contributed by atoms with Gasteiger partial charge in [-0.3, -0.25) is 25.0 Å². The van der Waals surface area contributed by atoms with Crippen LogP contribution in [-0.4, -0.2) is 103 Å². The molecule has 1 fully saturated rings. The van der Waals surface area contributed by atoms with Crippen molar-refractivity contribution in [3.63, 3.8) is 0 Å². The Labute approximate surface area is 347 Å². The van der Waals surface area contributed by atoms with Gasteiger partial charge in [0.2, 0.25) is 5.91 Å². The standard InChI is InChI=1S/C45H58N8O6/c1-7-30(2)39(53-25-24-51(44(53)59)28-35-17-13-14-31(3)47-35)41(55)48-37(26-32-15-9-8-10-16-32)38(54)29-52(50-42(56)40(45(4,5)6)49-43(57)58)27-33-19-21-34(22-20-33)36-18-11-12-23-46-36/h8-23,30,37-40,49,54H,7,24-29H2,1-6H3,(H,48,55)(H,50,56)(H,57,58)/t30-,37-,38-,39-,40+/m0/s1. The largest absolute Gasteiger partial charge is 0.465 e. The van der Waals surface area contributed by atoms with Crippen molar-refractivity contribution < 1.29 is 29.4 Å². The Balaban J connectivity index is 1.41. The SMILES string of the molecule is CC[C@H](C)[C@@H](C(=O)N[C@@H](Cc1ccccc1)[C@@H](O)CN(Cc1ccc(-c2ccccn2)cc1)NC(=O)[C@@H](NC(=O)O)C(C)(C)C)N1CCN(Cc2cccc(C)n2)C1=O. The van der Waals surface area contributed by atoms with Crippen LogP contribution < -0.4 is 16.1 Å². The molecule has 5 rings (SSSR count). The summed E-state index contributed by atoms with van der Waals surface area (Å²) in [6, 6.07) is 25.4. The van der Waals surface area contributed by atoms with Crippen LogP contribution in [0.25, 0.3) is 11.3 Å². The van der Waals surface area contributed by atoms with Crippen LogP contribution in [0.2, 0.25) is 0 Å². The van der Waals surface area contributed by atoms with E-state index < -0.39 is 41.6 Å². The lowest BCUT2D eigenvalue weighted by Crippen LogP contribution is -2.60. The van der Waals surface area contributed by atoms with Crippen molar-refractivity contribution in [2.45, 2.75) is 91.7 Å². The second-order valence-electron chi connectivity index (χ2n) is 16.4. The Morgan fingerprint density at radius 2 is 1.59 bits per heavy atom. The first-order chi connectivity index (χ1) is 28.1. The maximum Gasteiger partial charge on any atom is 0.405 e. The highest BCUT2D eigenvalue weighted by Crippen LogP contribution is 2.24. The minimum atomic E-state index is -1.34. The van der Waals surface area contributed by atoms with E-state index in [4.69, 9.17) is 0 Å². The van der Waals surface area contributed by atoms with Crippen LogP contribution in [0.4, 0.5) is 9.59 Å². The fourth-order valence-corrected chi connectivity index (χ4v) is 7.30. The molecule has 2 aromatic carbocycles. The number of carbonyl (C=O) groups is 4. The number of urea groups is 1. The number of pyridine rings is 2. The highest BCUT2D eigenvalue weighted by Gasteiger charge is 2.41. The molecule has 1 aliphatic rings. The summed E-state index contributed by atoms with van der Waals surface area (Å²) in [5.74, 6) is -1.19. The predicted molar refractivity (Wildman–Crippen MR) is 225 cm³/mol. The molecule has 1 saturated heterocycles. The van der Waals surface area contributed by atoms with Gasteiger partial charge in [0.1, 0.15) is 12.1 Å². The van der Waals surface area contributed by atoms with Crippen molar-refractivity contribution in [1.82, 2.24) is 40.8 Å². The Kier molecular flexibility index (Phi) is 15.2. The van der Waals surface area contributed by atoms with Crippen molar-refractivity contribution in [1.29, 1.82) is 0 Å². The number of hydrazine groups is 1. The number of carboxylic acid groups (broad SMARTS) is 1. The smallest absolute Gasteiger partial charge is 0.405 e. The molecule has 2 aromatic heterocycles. The molecular weight excluding hydrogens is 749 g/mol. The number of aromatic nitrogens is 2. The van der Waals surface area contributed by atoms with Gasteiger partial charge in [0, 0.05) is 43.6 Å². The highest BCUT2D eigenvalue weighted by molar-refractivity contribution is 5.88. The number of rotatable bonds is 18. The summed E-state index contributed by atoms with van der Waals surface area (Å²) in [5.41, 5.74) is 7.08. The van der Waals surface area contributed by atoms with Gasteiger partial charge < -0.3 is 30.6 Å². The van der Waals surface area contributed by atoms with Crippen molar-refractivity contribution in [3.8, 4) is 11.3 Å². The van der Waals surface area contributed by atoms with Crippen molar-refractivity contribution in [3.05, 3.63) is 120 Å². The monoisotopic (exact) mass is 806 g/mol. The third-order valence-corrected chi connectivity index (χ3v) is 10.7. The molecule has 59 heavy (non-hydrogen) atoms. The van der Waals surface area contributed by atoms with E-state index in [-0.39, 0.29) is 37.4 Å². The van der Waals surface area contributed by atoms with Gasteiger partial charge in [-0.25, -0.2) is 14.6 Å². The van der Waals surface area contributed by atoms with Crippen molar-refractivity contribution in [2.75, 3.05) is 19.6 Å². The van der Waals surface area contributed by atoms with Crippen molar-refractivity contribution in [2.24, 2.45) is 11.3 Å². The summed E-state index contributed by atoms with van der Waals surface area (Å²) >= 11 is 0. The quantitative estimate of drug-likeness (QED) is 0.0823. The lowest BCUT2D eigenvalue weighted by Gasteiger charge is -2.36. The van der Waals surface area contributed by atoms with Crippen LogP contribution in [0.5, 0.6) is 0 Å². The number of aryl methyl sites for hydroxylation is 1. The third-order valence-electron chi connectivity index (χ3n) is 10.7. The van der Waals surface area contributed by atoms with E-state index in [2.05, 4.69) is 26.0 Å². The third kappa shape index (κ3) is 12.3. The van der Waals surface area contributed by atoms with Crippen LogP contribution in [0.3, 0.4) is 0 Å². The van der Waals surface area contributed by atoms with E-state index >= 15 is 0 Å². The fourth-order valence-electron chi connectivity index (χ4n) is 7.30. The summed E-state index contributed by atoms with van der Waals surface area (Å²) < 4.78 is 0. The zero-order chi connectivity index (χ0) is 42.7. The minimum Gasteiger partial charge on any atom is -0.465 e. The average molecular weight is 807 g/mol. The Morgan fingerprint density at radius 1 is 0.881 bits per heavy atom. The molecule has 5 N–H and O–H groups in total. The Morgan fingerprint density at radius 3 is 2.22 bits per heavy atom. The fraction of sp³-hybridized carbons (Fsp3) is 0.422. The molecule has 5 amide bonds. The average Bonchev–Trinajstić information content (AvgIpc) is 3.55.